The lowest BCUT2D eigenvalue weighted by atomic mass is 9.98. The molecule has 0 spiro atoms. The van der Waals surface area contributed by atoms with Crippen LogP contribution in [0.4, 0.5) is 0 Å². The first kappa shape index (κ1) is 18.3. The fourth-order valence-corrected chi connectivity index (χ4v) is 5.10. The van der Waals surface area contributed by atoms with E-state index in [4.69, 9.17) is 23.2 Å². The molecule has 27 heavy (non-hydrogen) atoms. The molecule has 140 valence electrons. The lowest BCUT2D eigenvalue weighted by Crippen LogP contribution is -2.41. The Morgan fingerprint density at radius 3 is 2.81 bits per heavy atom. The molecule has 8 heteroatoms. The van der Waals surface area contributed by atoms with Crippen molar-refractivity contribution in [1.29, 1.82) is 0 Å². The molecule has 1 aliphatic rings. The van der Waals surface area contributed by atoms with Gasteiger partial charge in [-0.3, -0.25) is 9.59 Å². The Bertz CT molecular complexity index is 1040. The Kier molecular flexibility index (Phi) is 4.88. The van der Waals surface area contributed by atoms with E-state index in [9.17, 15) is 9.59 Å². The molecule has 0 saturated heterocycles. The number of carbonyl (C=O) groups is 2. The van der Waals surface area contributed by atoms with E-state index in [1.165, 1.54) is 29.4 Å². The number of amides is 2. The van der Waals surface area contributed by atoms with Crippen LogP contribution in [0.2, 0.25) is 9.36 Å². The average Bonchev–Trinajstić information content (AvgIpc) is 3.27. The summed E-state index contributed by atoms with van der Waals surface area (Å²) in [4.78, 5) is 27.2. The molecule has 3 aromatic rings. The smallest absolute Gasteiger partial charge is 0.268 e. The number of thiophene rings is 1. The van der Waals surface area contributed by atoms with Crippen LogP contribution >= 0.6 is 34.5 Å². The van der Waals surface area contributed by atoms with Gasteiger partial charge in [0.15, 0.2) is 0 Å². The normalized spacial score (nSPS) is 18.5. The lowest BCUT2D eigenvalue weighted by Gasteiger charge is -2.22. The van der Waals surface area contributed by atoms with Gasteiger partial charge in [-0.1, -0.05) is 47.5 Å². The minimum atomic E-state index is -0.198. The summed E-state index contributed by atoms with van der Waals surface area (Å²) in [7, 11) is 0. The van der Waals surface area contributed by atoms with Crippen molar-refractivity contribution in [1.82, 2.24) is 15.6 Å². The van der Waals surface area contributed by atoms with Crippen LogP contribution < -0.4 is 10.6 Å². The fraction of sp³-hybridized carbons (Fsp3) is 0.263. The second-order valence-electron chi connectivity index (χ2n) is 6.64. The van der Waals surface area contributed by atoms with Crippen LogP contribution in [0.15, 0.2) is 30.3 Å². The molecule has 0 aliphatic heterocycles. The van der Waals surface area contributed by atoms with Crippen molar-refractivity contribution in [3.63, 3.8) is 0 Å². The van der Waals surface area contributed by atoms with Gasteiger partial charge in [0.25, 0.3) is 5.91 Å². The zero-order chi connectivity index (χ0) is 19.1. The summed E-state index contributed by atoms with van der Waals surface area (Å²) in [6.07, 6.45) is 0.730. The number of halogens is 2. The molecule has 0 fully saturated rings. The number of aromatic nitrogens is 1. The summed E-state index contributed by atoms with van der Waals surface area (Å²) < 4.78 is 1.35. The van der Waals surface area contributed by atoms with E-state index in [1.807, 2.05) is 12.1 Å². The topological polar surface area (TPSA) is 74.0 Å². The average molecular weight is 422 g/mol. The predicted molar refractivity (Wildman–Crippen MR) is 109 cm³/mol. The standard InChI is InChI=1S/C19H17Cl2N3O2S/c1-9(25)22-8-12-11-5-3-2-4-10(11)6-13(12)24-19(26)14-7-15-17(23-14)16(20)18(21)27-15/h2-5,7,12-13,23H,6,8H2,1H3,(H,22,25)(H,24,26)/t12-,13-/m1/s1. The summed E-state index contributed by atoms with van der Waals surface area (Å²) >= 11 is 13.5. The van der Waals surface area contributed by atoms with E-state index in [1.54, 1.807) is 6.07 Å². The monoisotopic (exact) mass is 421 g/mol. The minimum Gasteiger partial charge on any atom is -0.356 e. The number of carbonyl (C=O) groups excluding carboxylic acids is 2. The van der Waals surface area contributed by atoms with Crippen molar-refractivity contribution in [2.24, 2.45) is 0 Å². The number of nitrogens with one attached hydrogen (secondary N) is 3. The highest BCUT2D eigenvalue weighted by Gasteiger charge is 2.33. The molecule has 1 aromatic carbocycles. The number of rotatable bonds is 4. The summed E-state index contributed by atoms with van der Waals surface area (Å²) in [5.74, 6) is -0.250. The number of fused-ring (bicyclic) bond motifs is 2. The van der Waals surface area contributed by atoms with Crippen molar-refractivity contribution in [3.05, 3.63) is 56.5 Å². The Morgan fingerprint density at radius 1 is 1.30 bits per heavy atom. The van der Waals surface area contributed by atoms with Crippen LogP contribution in [0, 0.1) is 0 Å². The second kappa shape index (κ2) is 7.19. The zero-order valence-corrected chi connectivity index (χ0v) is 16.8. The van der Waals surface area contributed by atoms with Gasteiger partial charge in [0, 0.05) is 25.4 Å². The fourth-order valence-electron chi connectivity index (χ4n) is 3.62. The maximum absolute atomic E-state index is 12.8. The first-order valence-electron chi connectivity index (χ1n) is 8.53. The minimum absolute atomic E-state index is 0.0307. The van der Waals surface area contributed by atoms with Gasteiger partial charge in [0.1, 0.15) is 10.0 Å². The van der Waals surface area contributed by atoms with Crippen molar-refractivity contribution in [2.75, 3.05) is 6.54 Å². The van der Waals surface area contributed by atoms with Crippen LogP contribution in [-0.4, -0.2) is 29.4 Å². The maximum Gasteiger partial charge on any atom is 0.268 e. The van der Waals surface area contributed by atoms with E-state index < -0.39 is 0 Å². The van der Waals surface area contributed by atoms with Crippen LogP contribution in [0.25, 0.3) is 10.2 Å². The van der Waals surface area contributed by atoms with Gasteiger partial charge in [-0.25, -0.2) is 0 Å². The Hall–Kier alpha value is -2.02. The van der Waals surface area contributed by atoms with Crippen LogP contribution in [0.1, 0.15) is 34.5 Å². The highest BCUT2D eigenvalue weighted by atomic mass is 35.5. The number of aromatic amines is 1. The zero-order valence-electron chi connectivity index (χ0n) is 14.4. The van der Waals surface area contributed by atoms with Gasteiger partial charge in [-0.05, 0) is 23.6 Å². The van der Waals surface area contributed by atoms with E-state index in [0.29, 0.717) is 27.1 Å². The van der Waals surface area contributed by atoms with Gasteiger partial charge in [0.2, 0.25) is 5.91 Å². The van der Waals surface area contributed by atoms with Crippen molar-refractivity contribution in [3.8, 4) is 0 Å². The van der Waals surface area contributed by atoms with E-state index in [-0.39, 0.29) is 23.8 Å². The number of hydrogen-bond acceptors (Lipinski definition) is 3. The summed E-state index contributed by atoms with van der Waals surface area (Å²) in [5, 5.41) is 6.42. The third-order valence-electron chi connectivity index (χ3n) is 4.89. The molecule has 2 atom stereocenters. The van der Waals surface area contributed by atoms with Crippen LogP contribution in [0.5, 0.6) is 0 Å². The molecule has 1 aliphatic carbocycles. The predicted octanol–water partition coefficient (Wildman–Crippen LogP) is 4.11. The SMILES string of the molecule is CC(=O)NC[C@@H]1c2ccccc2C[C@H]1NC(=O)c1cc2sc(Cl)c(Cl)c2[nH]1. The Morgan fingerprint density at radius 2 is 2.07 bits per heavy atom. The van der Waals surface area contributed by atoms with E-state index in [2.05, 4.69) is 27.8 Å². The molecule has 2 amide bonds. The summed E-state index contributed by atoms with van der Waals surface area (Å²) in [6, 6.07) is 9.76. The first-order valence-corrected chi connectivity index (χ1v) is 10.1. The molecular weight excluding hydrogens is 405 g/mol. The molecule has 3 N–H and O–H groups in total. The molecule has 4 rings (SSSR count). The highest BCUT2D eigenvalue weighted by Crippen LogP contribution is 2.39. The molecule has 0 unspecified atom stereocenters. The largest absolute Gasteiger partial charge is 0.356 e. The van der Waals surface area contributed by atoms with Crippen LogP contribution in [-0.2, 0) is 11.2 Å². The third-order valence-corrected chi connectivity index (χ3v) is 6.82. The van der Waals surface area contributed by atoms with Gasteiger partial charge in [-0.15, -0.1) is 11.3 Å². The first-order chi connectivity index (χ1) is 12.9. The number of H-pyrrole nitrogens is 1. The lowest BCUT2D eigenvalue weighted by molar-refractivity contribution is -0.119. The second-order valence-corrected chi connectivity index (χ2v) is 8.67. The quantitative estimate of drug-likeness (QED) is 0.592. The highest BCUT2D eigenvalue weighted by molar-refractivity contribution is 7.23. The van der Waals surface area contributed by atoms with Crippen molar-refractivity contribution >= 4 is 56.6 Å². The Balaban J connectivity index is 1.56. The van der Waals surface area contributed by atoms with Gasteiger partial charge >= 0.3 is 0 Å². The van der Waals surface area contributed by atoms with Gasteiger partial charge in [-0.2, -0.15) is 0 Å². The van der Waals surface area contributed by atoms with E-state index >= 15 is 0 Å². The van der Waals surface area contributed by atoms with Crippen molar-refractivity contribution in [2.45, 2.75) is 25.3 Å². The summed E-state index contributed by atoms with van der Waals surface area (Å²) in [6.45, 7) is 1.98. The third kappa shape index (κ3) is 3.45. The molecule has 0 saturated carbocycles. The molecule has 0 radical (unpaired) electrons. The molecule has 2 heterocycles. The maximum atomic E-state index is 12.8. The Labute approximate surface area is 170 Å². The molecule has 0 bridgehead atoms. The molecule has 2 aromatic heterocycles. The van der Waals surface area contributed by atoms with Crippen molar-refractivity contribution < 1.29 is 9.59 Å². The number of benzene rings is 1. The van der Waals surface area contributed by atoms with E-state index in [0.717, 1.165) is 11.1 Å². The number of hydrogen-bond donors (Lipinski definition) is 3. The van der Waals surface area contributed by atoms with Crippen LogP contribution in [0.3, 0.4) is 0 Å². The van der Waals surface area contributed by atoms with Gasteiger partial charge in [0.05, 0.1) is 15.2 Å². The summed E-state index contributed by atoms with van der Waals surface area (Å²) in [5.41, 5.74) is 3.49. The molecule has 5 nitrogen and oxygen atoms in total. The van der Waals surface area contributed by atoms with Gasteiger partial charge < -0.3 is 15.6 Å². The molecular formula is C19H17Cl2N3O2S.